The van der Waals surface area contributed by atoms with Crippen molar-refractivity contribution in [1.82, 2.24) is 5.32 Å². The maximum Gasteiger partial charge on any atom is 0.226 e. The number of fused-ring (bicyclic) bond motifs is 7. The molecule has 0 saturated heterocycles. The van der Waals surface area contributed by atoms with E-state index in [9.17, 15) is 9.59 Å². The quantitative estimate of drug-likeness (QED) is 0.387. The van der Waals surface area contributed by atoms with Crippen LogP contribution >= 0.6 is 0 Å². The number of rotatable bonds is 4. The molecule has 0 bridgehead atoms. The van der Waals surface area contributed by atoms with Crippen molar-refractivity contribution >= 4 is 11.7 Å². The molecule has 40 heavy (non-hydrogen) atoms. The minimum atomic E-state index is -0.272. The number of carbonyl (C=O) groups excluding carboxylic acids is 2. The van der Waals surface area contributed by atoms with Crippen molar-refractivity contribution in [3.63, 3.8) is 0 Å². The average Bonchev–Trinajstić information content (AvgIpc) is 3.32. The molecule has 0 unspecified atom stereocenters. The van der Waals surface area contributed by atoms with Gasteiger partial charge in [0.1, 0.15) is 5.78 Å². The van der Waals surface area contributed by atoms with Gasteiger partial charge in [-0.15, -0.1) is 0 Å². The Kier molecular flexibility index (Phi) is 6.56. The minimum Gasteiger partial charge on any atom is -0.352 e. The maximum atomic E-state index is 14.3. The number of Topliss-reactive ketones (excluding diaryl/α,β-unsaturated/α-hetero) is 1. The normalized spacial score (nSPS) is 45.5. The number of carbonyl (C=O) groups is 2. The first-order valence-corrected chi connectivity index (χ1v) is 16.3. The van der Waals surface area contributed by atoms with Crippen molar-refractivity contribution in [3.05, 3.63) is 48.0 Å². The van der Waals surface area contributed by atoms with E-state index in [0.717, 1.165) is 38.5 Å². The van der Waals surface area contributed by atoms with Gasteiger partial charge in [-0.05, 0) is 116 Å². The van der Waals surface area contributed by atoms with Crippen molar-refractivity contribution in [1.29, 1.82) is 0 Å². The molecule has 3 nitrogen and oxygen atoms in total. The number of hydrogen-bond donors (Lipinski definition) is 1. The van der Waals surface area contributed by atoms with Gasteiger partial charge < -0.3 is 5.32 Å². The molecule has 0 radical (unpaired) electrons. The zero-order chi connectivity index (χ0) is 28.7. The predicted molar refractivity (Wildman–Crippen MR) is 162 cm³/mol. The van der Waals surface area contributed by atoms with E-state index in [2.05, 4.69) is 77.7 Å². The SMILES string of the molecule is C=C(C)[C@@H]1CC[C@]2(C(=O)NCc3ccccc3)CC[C@]3(C)[C@H](CC[C@@H]4[C@@]5(C)CCC(=O)C(C)(C)[C@@H]5CC[C@]43C)[C@@H]12. The first kappa shape index (κ1) is 28.2. The summed E-state index contributed by atoms with van der Waals surface area (Å²) in [6, 6.07) is 10.4. The molecule has 1 amide bonds. The summed E-state index contributed by atoms with van der Waals surface area (Å²) in [5.74, 6) is 3.28. The van der Waals surface area contributed by atoms with Crippen LogP contribution in [0, 0.1) is 56.7 Å². The Balaban J connectivity index is 1.34. The van der Waals surface area contributed by atoms with E-state index >= 15 is 0 Å². The van der Waals surface area contributed by atoms with Gasteiger partial charge in [-0.3, -0.25) is 9.59 Å². The zero-order valence-corrected chi connectivity index (χ0v) is 26.1. The summed E-state index contributed by atoms with van der Waals surface area (Å²) in [4.78, 5) is 27.3. The highest BCUT2D eigenvalue weighted by Gasteiger charge is 2.71. The molecule has 9 atom stereocenters. The lowest BCUT2D eigenvalue weighted by atomic mass is 9.32. The van der Waals surface area contributed by atoms with Crippen molar-refractivity contribution in [2.75, 3.05) is 0 Å². The summed E-state index contributed by atoms with van der Waals surface area (Å²) < 4.78 is 0. The third-order valence-corrected chi connectivity index (χ3v) is 14.6. The molecule has 0 heterocycles. The Labute approximate surface area is 243 Å². The molecular formula is C37H53NO2. The molecule has 1 aromatic rings. The number of ketones is 1. The average molecular weight is 544 g/mol. The lowest BCUT2D eigenvalue weighted by molar-refractivity contribution is -0.233. The molecule has 0 aliphatic heterocycles. The smallest absolute Gasteiger partial charge is 0.226 e. The van der Waals surface area contributed by atoms with Crippen LogP contribution in [0.1, 0.15) is 111 Å². The van der Waals surface area contributed by atoms with E-state index in [4.69, 9.17) is 0 Å². The molecule has 218 valence electrons. The summed E-state index contributed by atoms with van der Waals surface area (Å²) in [6.07, 6.45) is 10.9. The molecule has 5 saturated carbocycles. The molecule has 6 rings (SSSR count). The number of benzene rings is 1. The van der Waals surface area contributed by atoms with Crippen molar-refractivity contribution in [2.45, 2.75) is 112 Å². The fourth-order valence-electron chi connectivity index (χ4n) is 12.3. The van der Waals surface area contributed by atoms with Crippen LogP contribution in [0.25, 0.3) is 0 Å². The predicted octanol–water partition coefficient (Wildman–Crippen LogP) is 8.53. The molecule has 5 aliphatic rings. The van der Waals surface area contributed by atoms with Gasteiger partial charge in [0.2, 0.25) is 5.91 Å². The van der Waals surface area contributed by atoms with Gasteiger partial charge in [-0.2, -0.15) is 0 Å². The monoisotopic (exact) mass is 543 g/mol. The third-order valence-electron chi connectivity index (χ3n) is 14.6. The van der Waals surface area contributed by atoms with Crippen LogP contribution < -0.4 is 5.32 Å². The third kappa shape index (κ3) is 3.67. The van der Waals surface area contributed by atoms with E-state index < -0.39 is 0 Å². The van der Waals surface area contributed by atoms with E-state index in [-0.39, 0.29) is 27.1 Å². The second-order valence-electron chi connectivity index (χ2n) is 16.2. The molecule has 5 aliphatic carbocycles. The second-order valence-corrected chi connectivity index (χ2v) is 16.2. The minimum absolute atomic E-state index is 0.207. The Bertz CT molecular complexity index is 1200. The molecule has 1 aromatic carbocycles. The summed E-state index contributed by atoms with van der Waals surface area (Å²) in [7, 11) is 0. The zero-order valence-electron chi connectivity index (χ0n) is 26.1. The maximum absolute atomic E-state index is 14.3. The topological polar surface area (TPSA) is 46.2 Å². The van der Waals surface area contributed by atoms with Gasteiger partial charge in [0.25, 0.3) is 0 Å². The van der Waals surface area contributed by atoms with Crippen LogP contribution in [-0.4, -0.2) is 11.7 Å². The van der Waals surface area contributed by atoms with Crippen LogP contribution in [-0.2, 0) is 16.1 Å². The van der Waals surface area contributed by atoms with Gasteiger partial charge in [0.15, 0.2) is 0 Å². The van der Waals surface area contributed by atoms with E-state index in [1.54, 1.807) is 0 Å². The Hall–Kier alpha value is -1.90. The van der Waals surface area contributed by atoms with Gasteiger partial charge >= 0.3 is 0 Å². The number of nitrogens with one attached hydrogen (secondary N) is 1. The van der Waals surface area contributed by atoms with Gasteiger partial charge in [-0.25, -0.2) is 0 Å². The van der Waals surface area contributed by atoms with Crippen molar-refractivity contribution < 1.29 is 9.59 Å². The second kappa shape index (κ2) is 9.30. The summed E-state index contributed by atoms with van der Waals surface area (Å²) in [6.45, 7) is 19.6. The fraction of sp³-hybridized carbons (Fsp3) is 0.730. The molecule has 3 heteroatoms. The van der Waals surface area contributed by atoms with E-state index in [1.165, 1.54) is 36.8 Å². The van der Waals surface area contributed by atoms with Crippen LogP contribution in [0.5, 0.6) is 0 Å². The molecule has 0 spiro atoms. The Morgan fingerprint density at radius 2 is 1.60 bits per heavy atom. The van der Waals surface area contributed by atoms with Gasteiger partial charge in [0, 0.05) is 18.4 Å². The number of hydrogen-bond acceptors (Lipinski definition) is 2. The van der Waals surface area contributed by atoms with Crippen molar-refractivity contribution in [2.24, 2.45) is 56.7 Å². The highest BCUT2D eigenvalue weighted by atomic mass is 16.2. The van der Waals surface area contributed by atoms with Crippen LogP contribution in [0.2, 0.25) is 0 Å². The van der Waals surface area contributed by atoms with Crippen LogP contribution in [0.4, 0.5) is 0 Å². The van der Waals surface area contributed by atoms with Crippen molar-refractivity contribution in [3.8, 4) is 0 Å². The molecule has 5 fully saturated rings. The lowest BCUT2D eigenvalue weighted by Crippen LogP contribution is -2.67. The standard InChI is InChI=1S/C37H53NO2/c1-24(2)26-15-20-37(32(40)38-23-25-11-9-8-10-12-25)22-21-35(6)27(31(26)37)13-14-29-34(5)18-17-30(39)33(3,4)28(34)16-19-36(29,35)7/h8-12,26-29,31H,1,13-23H2,2-7H3,(H,38,40)/t26-,27+,28-,29+,31+,34-,35+,36+,37-/m0/s1. The largest absolute Gasteiger partial charge is 0.352 e. The molecular weight excluding hydrogens is 490 g/mol. The molecule has 1 N–H and O–H groups in total. The lowest BCUT2D eigenvalue weighted by Gasteiger charge is -2.72. The highest BCUT2D eigenvalue weighted by molar-refractivity contribution is 5.85. The van der Waals surface area contributed by atoms with Crippen LogP contribution in [0.3, 0.4) is 0 Å². The Morgan fingerprint density at radius 1 is 0.875 bits per heavy atom. The Morgan fingerprint density at radius 3 is 2.30 bits per heavy atom. The van der Waals surface area contributed by atoms with E-state index in [1.807, 2.05) is 6.07 Å². The first-order valence-electron chi connectivity index (χ1n) is 16.3. The fourth-order valence-corrected chi connectivity index (χ4v) is 12.3. The van der Waals surface area contributed by atoms with Crippen LogP contribution in [0.15, 0.2) is 42.5 Å². The number of allylic oxidation sites excluding steroid dienone is 1. The summed E-state index contributed by atoms with van der Waals surface area (Å²) in [5.41, 5.74) is 2.65. The first-order chi connectivity index (χ1) is 18.8. The van der Waals surface area contributed by atoms with E-state index in [0.29, 0.717) is 47.8 Å². The summed E-state index contributed by atoms with van der Waals surface area (Å²) >= 11 is 0. The molecule has 0 aromatic heterocycles. The number of amides is 1. The highest BCUT2D eigenvalue weighted by Crippen LogP contribution is 2.77. The van der Waals surface area contributed by atoms with Gasteiger partial charge in [-0.1, -0.05) is 77.1 Å². The van der Waals surface area contributed by atoms with Gasteiger partial charge in [0.05, 0.1) is 5.41 Å². The summed E-state index contributed by atoms with van der Waals surface area (Å²) in [5, 5.41) is 3.42.